The first kappa shape index (κ1) is 13.4. The summed E-state index contributed by atoms with van der Waals surface area (Å²) < 4.78 is 5.16. The topological polar surface area (TPSA) is 41.5 Å². The van der Waals surface area contributed by atoms with Crippen molar-refractivity contribution in [2.75, 3.05) is 7.11 Å². The molecule has 2 rings (SSSR count). The highest BCUT2D eigenvalue weighted by Gasteiger charge is 2.24. The first-order valence-electron chi connectivity index (χ1n) is 6.79. The third-order valence-corrected chi connectivity index (χ3v) is 3.81. The Morgan fingerprint density at radius 1 is 1.22 bits per heavy atom. The van der Waals surface area contributed by atoms with Gasteiger partial charge < -0.3 is 15.2 Å². The zero-order chi connectivity index (χ0) is 13.0. The second-order valence-electron chi connectivity index (χ2n) is 5.12. The summed E-state index contributed by atoms with van der Waals surface area (Å²) in [4.78, 5) is 0. The van der Waals surface area contributed by atoms with Crippen LogP contribution in [0.5, 0.6) is 5.75 Å². The molecule has 0 heterocycles. The Hall–Kier alpha value is -1.06. The smallest absolute Gasteiger partial charge is 0.118 e. The highest BCUT2D eigenvalue weighted by molar-refractivity contribution is 5.28. The fourth-order valence-corrected chi connectivity index (χ4v) is 2.62. The number of hydrogen-bond acceptors (Lipinski definition) is 3. The van der Waals surface area contributed by atoms with Crippen LogP contribution in [0.4, 0.5) is 0 Å². The van der Waals surface area contributed by atoms with Crippen molar-refractivity contribution in [3.63, 3.8) is 0 Å². The molecule has 1 aromatic rings. The SMILES string of the molecule is COc1ccc(C(C)N[C@@H]2CCCC[C@H]2O)cc1. The van der Waals surface area contributed by atoms with Crippen LogP contribution in [0.1, 0.15) is 44.2 Å². The molecular weight excluding hydrogens is 226 g/mol. The van der Waals surface area contributed by atoms with E-state index in [1.54, 1.807) is 7.11 Å². The minimum Gasteiger partial charge on any atom is -0.497 e. The maximum atomic E-state index is 9.96. The van der Waals surface area contributed by atoms with Gasteiger partial charge in [0.1, 0.15) is 5.75 Å². The van der Waals surface area contributed by atoms with E-state index in [9.17, 15) is 5.11 Å². The molecule has 0 radical (unpaired) electrons. The maximum absolute atomic E-state index is 9.96. The summed E-state index contributed by atoms with van der Waals surface area (Å²) in [5.41, 5.74) is 1.23. The molecule has 100 valence electrons. The van der Waals surface area contributed by atoms with Crippen molar-refractivity contribution in [3.8, 4) is 5.75 Å². The van der Waals surface area contributed by atoms with Gasteiger partial charge in [0.15, 0.2) is 0 Å². The number of ether oxygens (including phenoxy) is 1. The van der Waals surface area contributed by atoms with Crippen molar-refractivity contribution < 1.29 is 9.84 Å². The Kier molecular flexibility index (Phi) is 4.61. The van der Waals surface area contributed by atoms with E-state index in [0.29, 0.717) is 0 Å². The molecule has 0 aromatic heterocycles. The average molecular weight is 249 g/mol. The van der Waals surface area contributed by atoms with Crippen molar-refractivity contribution in [1.82, 2.24) is 5.32 Å². The normalized spacial score (nSPS) is 25.7. The molecule has 1 fully saturated rings. The summed E-state index contributed by atoms with van der Waals surface area (Å²) >= 11 is 0. The summed E-state index contributed by atoms with van der Waals surface area (Å²) in [6, 6.07) is 8.59. The van der Waals surface area contributed by atoms with Gasteiger partial charge in [0.25, 0.3) is 0 Å². The molecule has 1 aliphatic carbocycles. The zero-order valence-electron chi connectivity index (χ0n) is 11.2. The Morgan fingerprint density at radius 3 is 2.50 bits per heavy atom. The lowest BCUT2D eigenvalue weighted by Gasteiger charge is -2.31. The Labute approximate surface area is 109 Å². The van der Waals surface area contributed by atoms with Crippen LogP contribution in [0.2, 0.25) is 0 Å². The quantitative estimate of drug-likeness (QED) is 0.862. The fourth-order valence-electron chi connectivity index (χ4n) is 2.62. The van der Waals surface area contributed by atoms with E-state index >= 15 is 0 Å². The Balaban J connectivity index is 1.95. The molecule has 1 unspecified atom stereocenters. The number of methoxy groups -OCH3 is 1. The van der Waals surface area contributed by atoms with Crippen LogP contribution in [-0.2, 0) is 0 Å². The molecule has 1 aromatic carbocycles. The molecule has 0 bridgehead atoms. The molecule has 1 aliphatic rings. The van der Waals surface area contributed by atoms with Crippen LogP contribution < -0.4 is 10.1 Å². The van der Waals surface area contributed by atoms with Gasteiger partial charge in [0.05, 0.1) is 13.2 Å². The number of hydrogen-bond donors (Lipinski definition) is 2. The number of benzene rings is 1. The molecule has 0 aliphatic heterocycles. The molecule has 3 heteroatoms. The molecule has 0 spiro atoms. The third kappa shape index (κ3) is 3.24. The second kappa shape index (κ2) is 6.21. The molecule has 3 nitrogen and oxygen atoms in total. The number of rotatable bonds is 4. The molecule has 2 N–H and O–H groups in total. The predicted octanol–water partition coefficient (Wildman–Crippen LogP) is 2.65. The Morgan fingerprint density at radius 2 is 1.89 bits per heavy atom. The van der Waals surface area contributed by atoms with Crippen molar-refractivity contribution in [1.29, 1.82) is 0 Å². The molecular formula is C15H23NO2. The van der Waals surface area contributed by atoms with Gasteiger partial charge >= 0.3 is 0 Å². The lowest BCUT2D eigenvalue weighted by atomic mass is 9.91. The number of aliphatic hydroxyl groups is 1. The minimum atomic E-state index is -0.195. The first-order chi connectivity index (χ1) is 8.70. The lowest BCUT2D eigenvalue weighted by Crippen LogP contribution is -2.43. The van der Waals surface area contributed by atoms with E-state index < -0.39 is 0 Å². The summed E-state index contributed by atoms with van der Waals surface area (Å²) in [6.45, 7) is 2.14. The van der Waals surface area contributed by atoms with Crippen LogP contribution in [0.25, 0.3) is 0 Å². The van der Waals surface area contributed by atoms with Crippen molar-refractivity contribution in [3.05, 3.63) is 29.8 Å². The standard InChI is InChI=1S/C15H23NO2/c1-11(12-7-9-13(18-2)10-8-12)16-14-5-3-4-6-15(14)17/h7-11,14-17H,3-6H2,1-2H3/t11?,14-,15-/m1/s1. The molecule has 3 atom stereocenters. The molecule has 1 saturated carbocycles. The van der Waals surface area contributed by atoms with Crippen LogP contribution in [0.15, 0.2) is 24.3 Å². The van der Waals surface area contributed by atoms with Crippen LogP contribution in [0.3, 0.4) is 0 Å². The number of aliphatic hydroxyl groups excluding tert-OH is 1. The predicted molar refractivity (Wildman–Crippen MR) is 72.8 cm³/mol. The largest absolute Gasteiger partial charge is 0.497 e. The molecule has 18 heavy (non-hydrogen) atoms. The monoisotopic (exact) mass is 249 g/mol. The van der Waals surface area contributed by atoms with Gasteiger partial charge in [-0.15, -0.1) is 0 Å². The van der Waals surface area contributed by atoms with Gasteiger partial charge in [-0.1, -0.05) is 25.0 Å². The highest BCUT2D eigenvalue weighted by atomic mass is 16.5. The van der Waals surface area contributed by atoms with Crippen molar-refractivity contribution >= 4 is 0 Å². The third-order valence-electron chi connectivity index (χ3n) is 3.81. The van der Waals surface area contributed by atoms with E-state index in [1.807, 2.05) is 12.1 Å². The highest BCUT2D eigenvalue weighted by Crippen LogP contribution is 2.23. The minimum absolute atomic E-state index is 0.195. The van der Waals surface area contributed by atoms with Crippen molar-refractivity contribution in [2.24, 2.45) is 0 Å². The fraction of sp³-hybridized carbons (Fsp3) is 0.600. The Bertz CT molecular complexity index is 363. The van der Waals surface area contributed by atoms with Gasteiger partial charge in [-0.05, 0) is 37.5 Å². The summed E-state index contributed by atoms with van der Waals surface area (Å²) in [6.07, 6.45) is 4.16. The van der Waals surface area contributed by atoms with Gasteiger partial charge in [0, 0.05) is 12.1 Å². The van der Waals surface area contributed by atoms with Crippen molar-refractivity contribution in [2.45, 2.75) is 50.8 Å². The van der Waals surface area contributed by atoms with Crippen LogP contribution >= 0.6 is 0 Å². The van der Waals surface area contributed by atoms with Gasteiger partial charge in [-0.25, -0.2) is 0 Å². The zero-order valence-corrected chi connectivity index (χ0v) is 11.2. The van der Waals surface area contributed by atoms with E-state index in [-0.39, 0.29) is 18.2 Å². The summed E-state index contributed by atoms with van der Waals surface area (Å²) in [7, 11) is 1.68. The molecule has 0 amide bonds. The second-order valence-corrected chi connectivity index (χ2v) is 5.12. The summed E-state index contributed by atoms with van der Waals surface area (Å²) in [5, 5.41) is 13.5. The summed E-state index contributed by atoms with van der Waals surface area (Å²) in [5.74, 6) is 0.878. The van der Waals surface area contributed by atoms with Gasteiger partial charge in [-0.3, -0.25) is 0 Å². The van der Waals surface area contributed by atoms with E-state index in [1.165, 1.54) is 12.0 Å². The van der Waals surface area contributed by atoms with E-state index in [4.69, 9.17) is 4.74 Å². The maximum Gasteiger partial charge on any atom is 0.118 e. The van der Waals surface area contributed by atoms with Gasteiger partial charge in [-0.2, -0.15) is 0 Å². The van der Waals surface area contributed by atoms with E-state index in [0.717, 1.165) is 25.0 Å². The lowest BCUT2D eigenvalue weighted by molar-refractivity contribution is 0.0860. The van der Waals surface area contributed by atoms with Crippen LogP contribution in [-0.4, -0.2) is 24.4 Å². The number of nitrogens with one attached hydrogen (secondary N) is 1. The van der Waals surface area contributed by atoms with Crippen LogP contribution in [0, 0.1) is 0 Å². The molecule has 0 saturated heterocycles. The van der Waals surface area contributed by atoms with E-state index in [2.05, 4.69) is 24.4 Å². The first-order valence-corrected chi connectivity index (χ1v) is 6.79. The van der Waals surface area contributed by atoms with Gasteiger partial charge in [0.2, 0.25) is 0 Å². The average Bonchev–Trinajstić information content (AvgIpc) is 2.41.